The summed E-state index contributed by atoms with van der Waals surface area (Å²) in [6.07, 6.45) is -7.02. The van der Waals surface area contributed by atoms with Crippen molar-refractivity contribution in [3.8, 4) is 0 Å². The Morgan fingerprint density at radius 1 is 0.981 bits per heavy atom. The first kappa shape index (κ1) is 42.0. The molecule has 1 saturated heterocycles. The Bertz CT molecular complexity index is 1720. The number of benzene rings is 3. The molecule has 0 saturated carbocycles. The maximum absolute atomic E-state index is 13.1. The molecule has 0 radical (unpaired) electrons. The number of likely N-dealkylation sites (tertiary alicyclic amines) is 1. The summed E-state index contributed by atoms with van der Waals surface area (Å²) in [5, 5.41) is 9.31. The van der Waals surface area contributed by atoms with E-state index in [1.54, 1.807) is 36.3 Å². The summed E-state index contributed by atoms with van der Waals surface area (Å²) in [6, 6.07) is 14.8. The van der Waals surface area contributed by atoms with Crippen LogP contribution in [-0.2, 0) is 39.1 Å². The highest BCUT2D eigenvalue weighted by atomic mass is 35.5. The number of nitrogens with two attached hydrogens (primary N) is 1. The number of alkyl halides is 6. The van der Waals surface area contributed by atoms with Gasteiger partial charge in [0.05, 0.1) is 39.3 Å². The van der Waals surface area contributed by atoms with Gasteiger partial charge in [0.1, 0.15) is 0 Å². The molecule has 0 aromatic heterocycles. The predicted octanol–water partition coefficient (Wildman–Crippen LogP) is 7.06. The maximum atomic E-state index is 13.1. The van der Waals surface area contributed by atoms with Crippen LogP contribution in [0.1, 0.15) is 39.9 Å². The van der Waals surface area contributed by atoms with Crippen LogP contribution in [-0.4, -0.2) is 81.7 Å². The number of rotatable bonds is 10. The van der Waals surface area contributed by atoms with Crippen molar-refractivity contribution in [2.75, 3.05) is 33.0 Å². The van der Waals surface area contributed by atoms with Gasteiger partial charge in [-0.25, -0.2) is 9.59 Å². The summed E-state index contributed by atoms with van der Waals surface area (Å²) in [5.41, 5.74) is 1.36. The van der Waals surface area contributed by atoms with Crippen molar-refractivity contribution >= 4 is 40.3 Å². The van der Waals surface area contributed by atoms with Gasteiger partial charge in [-0.3, -0.25) is 9.00 Å². The zero-order chi connectivity index (χ0) is 38.9. The molecule has 0 spiro atoms. The second-order valence-corrected chi connectivity index (χ2v) is 13.7. The molecule has 52 heavy (non-hydrogen) atoms. The molecule has 9 nitrogen and oxygen atoms in total. The summed E-state index contributed by atoms with van der Waals surface area (Å²) >= 11 is 5.81. The second-order valence-electron chi connectivity index (χ2n) is 11.8. The van der Waals surface area contributed by atoms with Gasteiger partial charge in [-0.2, -0.15) is 26.3 Å². The molecule has 17 heteroatoms. The molecule has 0 bridgehead atoms. The third-order valence-corrected chi connectivity index (χ3v) is 10.1. The van der Waals surface area contributed by atoms with E-state index < -0.39 is 69.4 Å². The zero-order valence-corrected chi connectivity index (χ0v) is 29.5. The van der Waals surface area contributed by atoms with Gasteiger partial charge in [0.25, 0.3) is 5.91 Å². The van der Waals surface area contributed by atoms with E-state index in [0.717, 1.165) is 29.0 Å². The van der Waals surface area contributed by atoms with Crippen LogP contribution in [0.3, 0.4) is 0 Å². The van der Waals surface area contributed by atoms with Gasteiger partial charge in [0.2, 0.25) is 0 Å². The number of primary amides is 1. The molecule has 1 aliphatic rings. The molecule has 1 heterocycles. The smallest absolute Gasteiger partial charge is 0.416 e. The highest BCUT2D eigenvalue weighted by Crippen LogP contribution is 2.37. The first-order valence-corrected chi connectivity index (χ1v) is 17.2. The van der Waals surface area contributed by atoms with E-state index in [4.69, 9.17) is 27.2 Å². The predicted molar refractivity (Wildman–Crippen MR) is 182 cm³/mol. The molecule has 1 fully saturated rings. The third kappa shape index (κ3) is 12.1. The SMILES string of the molecule is CN(C(=O)c1cc(C(F)(F)F)cc(C(F)(F)F)c1)C(C=CC(=O)O)Cc1ccc(Cl)cc1.COC1(CS(=O)c2ccccc2)CCN(C(N)=O)CC1. The van der Waals surface area contributed by atoms with Gasteiger partial charge < -0.3 is 25.4 Å². The lowest BCUT2D eigenvalue weighted by Gasteiger charge is -2.39. The molecule has 2 unspecified atom stereocenters. The monoisotopic (exact) mass is 775 g/mol. The molecule has 3 amide bonds. The lowest BCUT2D eigenvalue weighted by molar-refractivity contribution is -0.143. The Labute approximate surface area is 303 Å². The third-order valence-electron chi connectivity index (χ3n) is 8.29. The number of hydrogen-bond acceptors (Lipinski definition) is 5. The summed E-state index contributed by atoms with van der Waals surface area (Å²) < 4.78 is 96.7. The summed E-state index contributed by atoms with van der Waals surface area (Å²) in [4.78, 5) is 38.2. The summed E-state index contributed by atoms with van der Waals surface area (Å²) in [7, 11) is 1.69. The van der Waals surface area contributed by atoms with Crippen LogP contribution in [0.15, 0.2) is 89.8 Å². The molecule has 1 aliphatic heterocycles. The Kier molecular flexibility index (Phi) is 14.4. The first-order chi connectivity index (χ1) is 24.2. The fourth-order valence-electron chi connectivity index (χ4n) is 5.26. The molecule has 4 rings (SSSR count). The second kappa shape index (κ2) is 17.9. The van der Waals surface area contributed by atoms with Crippen molar-refractivity contribution < 1.29 is 54.8 Å². The Balaban J connectivity index is 0.000000311. The molecule has 0 aliphatic carbocycles. The van der Waals surface area contributed by atoms with Gasteiger partial charge >= 0.3 is 24.4 Å². The highest BCUT2D eigenvalue weighted by Gasteiger charge is 2.39. The lowest BCUT2D eigenvalue weighted by atomic mass is 9.93. The maximum Gasteiger partial charge on any atom is 0.416 e. The average molecular weight is 776 g/mol. The number of carboxylic acids is 1. The number of nitrogens with zero attached hydrogens (tertiary/aromatic N) is 2. The van der Waals surface area contributed by atoms with Gasteiger partial charge in [-0.15, -0.1) is 0 Å². The number of piperidine rings is 1. The quantitative estimate of drug-likeness (QED) is 0.168. The van der Waals surface area contributed by atoms with Crippen LogP contribution < -0.4 is 5.73 Å². The highest BCUT2D eigenvalue weighted by molar-refractivity contribution is 7.85. The van der Waals surface area contributed by atoms with Crippen LogP contribution in [0, 0.1) is 0 Å². The molecule has 3 aromatic carbocycles. The number of halogens is 7. The van der Waals surface area contributed by atoms with Crippen molar-refractivity contribution in [3.05, 3.63) is 112 Å². The fraction of sp³-hybridized carbons (Fsp3) is 0.343. The molecular formula is C35H36ClF6N3O6S. The van der Waals surface area contributed by atoms with Crippen molar-refractivity contribution in [1.82, 2.24) is 9.80 Å². The van der Waals surface area contributed by atoms with E-state index in [9.17, 15) is 44.9 Å². The van der Waals surface area contributed by atoms with Crippen LogP contribution >= 0.6 is 11.6 Å². The topological polar surface area (TPSA) is 130 Å². The first-order valence-electron chi connectivity index (χ1n) is 15.5. The van der Waals surface area contributed by atoms with Crippen LogP contribution in [0.25, 0.3) is 0 Å². The van der Waals surface area contributed by atoms with Crippen LogP contribution in [0.4, 0.5) is 31.1 Å². The van der Waals surface area contributed by atoms with E-state index in [1.165, 1.54) is 0 Å². The number of likely N-dealkylation sites (N-methyl/N-ethyl adjacent to an activating group) is 1. The minimum atomic E-state index is -5.11. The van der Waals surface area contributed by atoms with Crippen molar-refractivity contribution in [1.29, 1.82) is 0 Å². The molecular weight excluding hydrogens is 740 g/mol. The molecule has 3 aromatic rings. The summed E-state index contributed by atoms with van der Waals surface area (Å²) in [5.74, 6) is -2.04. The Hall–Kier alpha value is -4.41. The number of urea groups is 1. The van der Waals surface area contributed by atoms with Crippen molar-refractivity contribution in [2.45, 2.75) is 48.2 Å². The summed E-state index contributed by atoms with van der Waals surface area (Å²) in [6.45, 7) is 1.10. The number of amides is 3. The van der Waals surface area contributed by atoms with E-state index in [-0.39, 0.29) is 12.5 Å². The van der Waals surface area contributed by atoms with Gasteiger partial charge in [-0.05, 0) is 67.3 Å². The number of carbonyl (C=O) groups excluding carboxylic acids is 2. The standard InChI is InChI=1S/C21H16ClF6NO3.C14H20N2O3S/c1-29(17(6-7-18(30)31)8-12-2-4-16(22)5-3-12)19(32)13-9-14(20(23,24)25)11-15(10-13)21(26,27)28;1-19-14(7-9-16(10-8-14)13(15)17)11-20(18)12-5-3-2-4-6-12/h2-7,9-11,17H,8H2,1H3,(H,30,31);2-6H,7-11H2,1H3,(H2,15,17). The van der Waals surface area contributed by atoms with Gasteiger partial charge in [0, 0.05) is 48.8 Å². The number of carbonyl (C=O) groups is 3. The Morgan fingerprint density at radius 3 is 1.98 bits per heavy atom. The number of methoxy groups -OCH3 is 1. The van der Waals surface area contributed by atoms with E-state index in [2.05, 4.69) is 0 Å². The molecule has 3 N–H and O–H groups in total. The largest absolute Gasteiger partial charge is 0.478 e. The zero-order valence-electron chi connectivity index (χ0n) is 27.9. The minimum absolute atomic E-state index is 0.0360. The van der Waals surface area contributed by atoms with Crippen molar-refractivity contribution in [2.24, 2.45) is 5.73 Å². The number of aliphatic carboxylic acids is 1. The minimum Gasteiger partial charge on any atom is -0.478 e. The normalized spacial score (nSPS) is 15.7. The van der Waals surface area contributed by atoms with Crippen LogP contribution in [0.5, 0.6) is 0 Å². The van der Waals surface area contributed by atoms with E-state index in [1.807, 2.05) is 30.3 Å². The number of carboxylic acid groups (broad SMARTS) is 1. The molecule has 282 valence electrons. The lowest BCUT2D eigenvalue weighted by Crippen LogP contribution is -2.51. The van der Waals surface area contributed by atoms with Gasteiger partial charge in [0.15, 0.2) is 0 Å². The van der Waals surface area contributed by atoms with Crippen molar-refractivity contribution in [3.63, 3.8) is 0 Å². The Morgan fingerprint density at radius 2 is 1.52 bits per heavy atom. The van der Waals surface area contributed by atoms with Gasteiger partial charge in [-0.1, -0.05) is 48.0 Å². The van der Waals surface area contributed by atoms with E-state index in [0.29, 0.717) is 54.4 Å². The molecule has 2 atom stereocenters. The average Bonchev–Trinajstić information content (AvgIpc) is 3.10. The van der Waals surface area contributed by atoms with E-state index >= 15 is 0 Å². The fourth-order valence-corrected chi connectivity index (χ4v) is 6.90. The van der Waals surface area contributed by atoms with Crippen LogP contribution in [0.2, 0.25) is 5.02 Å². The number of ether oxygens (including phenoxy) is 1. The number of hydrogen-bond donors (Lipinski definition) is 2.